The maximum absolute atomic E-state index is 12.0. The van der Waals surface area contributed by atoms with Gasteiger partial charge in [-0.1, -0.05) is 0 Å². The van der Waals surface area contributed by atoms with Crippen LogP contribution in [0.3, 0.4) is 0 Å². The smallest absolute Gasteiger partial charge is 0.317 e. The van der Waals surface area contributed by atoms with Crippen LogP contribution in [0, 0.1) is 0 Å². The van der Waals surface area contributed by atoms with E-state index in [9.17, 15) is 9.59 Å². The molecule has 2 aliphatic heterocycles. The summed E-state index contributed by atoms with van der Waals surface area (Å²) in [5, 5.41) is 11.8. The average Bonchev–Trinajstić information content (AvgIpc) is 2.34. The molecule has 0 unspecified atom stereocenters. The molecule has 2 rings (SSSR count). The van der Waals surface area contributed by atoms with Crippen LogP contribution in [0.4, 0.5) is 0 Å². The Balaban J connectivity index is 1.68. The van der Waals surface area contributed by atoms with Crippen molar-refractivity contribution in [3.8, 4) is 0 Å². The standard InChI is InChI=1S/C12H21N3O4/c1-12(8-13-9-12)19-7-10(16)15-4-2-14(3-5-15)6-11(17)18/h13H,2-9H2,1H3,(H,17,18). The number of carboxylic acids is 1. The summed E-state index contributed by atoms with van der Waals surface area (Å²) >= 11 is 0. The second-order valence-electron chi connectivity index (χ2n) is 5.39. The van der Waals surface area contributed by atoms with E-state index in [1.54, 1.807) is 4.90 Å². The highest BCUT2D eigenvalue weighted by Gasteiger charge is 2.33. The van der Waals surface area contributed by atoms with Gasteiger partial charge in [-0.2, -0.15) is 0 Å². The third kappa shape index (κ3) is 3.89. The molecule has 0 atom stereocenters. The van der Waals surface area contributed by atoms with Crippen LogP contribution in [0.25, 0.3) is 0 Å². The Morgan fingerprint density at radius 3 is 2.37 bits per heavy atom. The Morgan fingerprint density at radius 2 is 1.89 bits per heavy atom. The van der Waals surface area contributed by atoms with Gasteiger partial charge in [0.1, 0.15) is 6.61 Å². The monoisotopic (exact) mass is 271 g/mol. The highest BCUT2D eigenvalue weighted by atomic mass is 16.5. The molecule has 0 aliphatic carbocycles. The molecular weight excluding hydrogens is 250 g/mol. The molecule has 108 valence electrons. The lowest BCUT2D eigenvalue weighted by atomic mass is 10.0. The number of carboxylic acid groups (broad SMARTS) is 1. The zero-order valence-electron chi connectivity index (χ0n) is 11.2. The van der Waals surface area contributed by atoms with E-state index in [0.29, 0.717) is 26.2 Å². The summed E-state index contributed by atoms with van der Waals surface area (Å²) in [7, 11) is 0. The average molecular weight is 271 g/mol. The van der Waals surface area contributed by atoms with E-state index < -0.39 is 5.97 Å². The van der Waals surface area contributed by atoms with Gasteiger partial charge in [0.2, 0.25) is 5.91 Å². The zero-order valence-corrected chi connectivity index (χ0v) is 11.2. The van der Waals surface area contributed by atoms with Gasteiger partial charge >= 0.3 is 5.97 Å². The predicted molar refractivity (Wildman–Crippen MR) is 67.9 cm³/mol. The summed E-state index contributed by atoms with van der Waals surface area (Å²) in [6.45, 7) is 6.07. The van der Waals surface area contributed by atoms with Gasteiger partial charge in [-0.3, -0.25) is 14.5 Å². The molecule has 1 amide bonds. The molecule has 0 radical (unpaired) electrons. The van der Waals surface area contributed by atoms with Crippen molar-refractivity contribution < 1.29 is 19.4 Å². The van der Waals surface area contributed by atoms with E-state index in [-0.39, 0.29) is 24.7 Å². The lowest BCUT2D eigenvalue weighted by Gasteiger charge is -2.40. The van der Waals surface area contributed by atoms with Crippen LogP contribution < -0.4 is 5.32 Å². The zero-order chi connectivity index (χ0) is 13.9. The first-order valence-corrected chi connectivity index (χ1v) is 6.55. The number of carbonyl (C=O) groups is 2. The number of amides is 1. The quantitative estimate of drug-likeness (QED) is 0.639. The van der Waals surface area contributed by atoms with E-state index in [0.717, 1.165) is 13.1 Å². The number of aliphatic carboxylic acids is 1. The molecule has 2 saturated heterocycles. The molecule has 0 aromatic rings. The number of piperazine rings is 1. The van der Waals surface area contributed by atoms with Crippen molar-refractivity contribution in [3.63, 3.8) is 0 Å². The minimum atomic E-state index is -0.825. The minimum absolute atomic E-state index is 0.0110. The predicted octanol–water partition coefficient (Wildman–Crippen LogP) is -1.41. The van der Waals surface area contributed by atoms with Crippen LogP contribution >= 0.6 is 0 Å². The van der Waals surface area contributed by atoms with Crippen LogP contribution in [0.1, 0.15) is 6.92 Å². The molecule has 2 fully saturated rings. The molecule has 0 bridgehead atoms. The molecule has 0 aromatic carbocycles. The van der Waals surface area contributed by atoms with Gasteiger partial charge in [0.15, 0.2) is 0 Å². The lowest BCUT2D eigenvalue weighted by molar-refractivity contribution is -0.148. The topological polar surface area (TPSA) is 82.1 Å². The Bertz CT molecular complexity index is 349. The van der Waals surface area contributed by atoms with Crippen molar-refractivity contribution >= 4 is 11.9 Å². The van der Waals surface area contributed by atoms with Crippen LogP contribution in [0.5, 0.6) is 0 Å². The van der Waals surface area contributed by atoms with Crippen molar-refractivity contribution in [2.75, 3.05) is 52.4 Å². The van der Waals surface area contributed by atoms with Gasteiger partial charge in [-0.05, 0) is 6.92 Å². The third-order valence-electron chi connectivity index (χ3n) is 3.63. The second-order valence-corrected chi connectivity index (χ2v) is 5.39. The van der Waals surface area contributed by atoms with Gasteiger partial charge in [-0.25, -0.2) is 0 Å². The highest BCUT2D eigenvalue weighted by Crippen LogP contribution is 2.15. The Hall–Kier alpha value is -1.18. The molecule has 2 aliphatic rings. The van der Waals surface area contributed by atoms with Crippen LogP contribution in [0.15, 0.2) is 0 Å². The molecule has 0 aromatic heterocycles. The number of hydrogen-bond acceptors (Lipinski definition) is 5. The van der Waals surface area contributed by atoms with Crippen molar-refractivity contribution in [1.82, 2.24) is 15.1 Å². The number of nitrogens with one attached hydrogen (secondary N) is 1. The molecule has 19 heavy (non-hydrogen) atoms. The maximum Gasteiger partial charge on any atom is 0.317 e. The van der Waals surface area contributed by atoms with Crippen molar-refractivity contribution in [2.24, 2.45) is 0 Å². The highest BCUT2D eigenvalue weighted by molar-refractivity contribution is 5.77. The van der Waals surface area contributed by atoms with Gasteiger partial charge < -0.3 is 20.1 Å². The van der Waals surface area contributed by atoms with Crippen LogP contribution in [-0.4, -0.2) is 84.8 Å². The van der Waals surface area contributed by atoms with E-state index in [4.69, 9.17) is 9.84 Å². The molecule has 2 N–H and O–H groups in total. The SMILES string of the molecule is CC1(OCC(=O)N2CCN(CC(=O)O)CC2)CNC1. The minimum Gasteiger partial charge on any atom is -0.480 e. The normalized spacial score (nSPS) is 22.9. The van der Waals surface area contributed by atoms with Crippen LogP contribution in [-0.2, 0) is 14.3 Å². The lowest BCUT2D eigenvalue weighted by Crippen LogP contribution is -2.60. The van der Waals surface area contributed by atoms with Gasteiger partial charge in [0.05, 0.1) is 12.1 Å². The van der Waals surface area contributed by atoms with Gasteiger partial charge in [0, 0.05) is 39.3 Å². The third-order valence-corrected chi connectivity index (χ3v) is 3.63. The number of nitrogens with zero attached hydrogens (tertiary/aromatic N) is 2. The van der Waals surface area contributed by atoms with Crippen molar-refractivity contribution in [2.45, 2.75) is 12.5 Å². The van der Waals surface area contributed by atoms with Crippen molar-refractivity contribution in [3.05, 3.63) is 0 Å². The Morgan fingerprint density at radius 1 is 1.26 bits per heavy atom. The largest absolute Gasteiger partial charge is 0.480 e. The van der Waals surface area contributed by atoms with Gasteiger partial charge in [0.25, 0.3) is 0 Å². The number of hydrogen-bond donors (Lipinski definition) is 2. The van der Waals surface area contributed by atoms with Gasteiger partial charge in [-0.15, -0.1) is 0 Å². The molecule has 7 heteroatoms. The summed E-state index contributed by atoms with van der Waals surface area (Å²) in [6.07, 6.45) is 0. The van der Waals surface area contributed by atoms with E-state index >= 15 is 0 Å². The fourth-order valence-corrected chi connectivity index (χ4v) is 2.25. The van der Waals surface area contributed by atoms with E-state index in [2.05, 4.69) is 5.32 Å². The molecule has 0 spiro atoms. The first kappa shape index (κ1) is 14.2. The number of ether oxygens (including phenoxy) is 1. The number of carbonyl (C=O) groups excluding carboxylic acids is 1. The first-order chi connectivity index (χ1) is 8.98. The Kier molecular flexibility index (Phi) is 4.38. The maximum atomic E-state index is 12.0. The van der Waals surface area contributed by atoms with E-state index in [1.807, 2.05) is 11.8 Å². The second kappa shape index (κ2) is 5.85. The molecule has 2 heterocycles. The summed E-state index contributed by atoms with van der Waals surface area (Å²) in [4.78, 5) is 26.1. The fourth-order valence-electron chi connectivity index (χ4n) is 2.25. The summed E-state index contributed by atoms with van der Waals surface area (Å²) in [6, 6.07) is 0. The summed E-state index contributed by atoms with van der Waals surface area (Å²) in [5.41, 5.74) is -0.208. The summed E-state index contributed by atoms with van der Waals surface area (Å²) in [5.74, 6) is -0.836. The fraction of sp³-hybridized carbons (Fsp3) is 0.833. The number of rotatable bonds is 5. The van der Waals surface area contributed by atoms with Crippen molar-refractivity contribution in [1.29, 1.82) is 0 Å². The first-order valence-electron chi connectivity index (χ1n) is 6.55. The molecule has 7 nitrogen and oxygen atoms in total. The Labute approximate surface area is 112 Å². The van der Waals surface area contributed by atoms with E-state index in [1.165, 1.54) is 0 Å². The summed E-state index contributed by atoms with van der Waals surface area (Å²) < 4.78 is 5.61. The molecular formula is C12H21N3O4. The molecule has 0 saturated carbocycles. The van der Waals surface area contributed by atoms with Crippen LogP contribution in [0.2, 0.25) is 0 Å².